The van der Waals surface area contributed by atoms with Gasteiger partial charge < -0.3 is 10.5 Å². The van der Waals surface area contributed by atoms with E-state index in [9.17, 15) is 5.26 Å². The Hall–Kier alpha value is -3.04. The van der Waals surface area contributed by atoms with Crippen molar-refractivity contribution in [3.05, 3.63) is 63.3 Å². The summed E-state index contributed by atoms with van der Waals surface area (Å²) in [4.78, 5) is 4.55. The molecule has 0 bridgehead atoms. The minimum absolute atomic E-state index is 0.0342. The van der Waals surface area contributed by atoms with Crippen molar-refractivity contribution in [1.82, 2.24) is 15.2 Å². The van der Waals surface area contributed by atoms with Crippen molar-refractivity contribution in [2.45, 2.75) is 19.8 Å². The first-order valence-electron chi connectivity index (χ1n) is 7.69. The van der Waals surface area contributed by atoms with Crippen molar-refractivity contribution in [1.29, 1.82) is 5.26 Å². The SMILES string of the molecule is Cc1[nH]nc2c1C(c1cc3cccc(C)c3nc1Cl)C(C#N)=C(N)O2. The van der Waals surface area contributed by atoms with Crippen LogP contribution in [0.5, 0.6) is 5.88 Å². The van der Waals surface area contributed by atoms with E-state index in [1.165, 1.54) is 0 Å². The standard InChI is InChI=1S/C18H14ClN5O/c1-8-4-3-5-10-6-11(16(19)22-15(8)10)14-12(7-20)17(21)25-18-13(14)9(2)23-24-18/h3-6,14H,21H2,1-2H3,(H,23,24). The fraction of sp³-hybridized carbons (Fsp3) is 0.167. The third-order valence-electron chi connectivity index (χ3n) is 4.47. The normalized spacial score (nSPS) is 16.5. The number of aromatic nitrogens is 3. The summed E-state index contributed by atoms with van der Waals surface area (Å²) in [5.74, 6) is -0.0799. The molecule has 3 heterocycles. The van der Waals surface area contributed by atoms with Gasteiger partial charge in [-0.2, -0.15) is 5.26 Å². The number of aryl methyl sites for hydroxylation is 2. The first kappa shape index (κ1) is 15.5. The third kappa shape index (κ3) is 2.24. The van der Waals surface area contributed by atoms with Crippen molar-refractivity contribution in [3.8, 4) is 11.9 Å². The van der Waals surface area contributed by atoms with E-state index in [0.29, 0.717) is 22.2 Å². The summed E-state index contributed by atoms with van der Waals surface area (Å²) in [6.45, 7) is 3.85. The summed E-state index contributed by atoms with van der Waals surface area (Å²) in [6, 6.07) is 10.0. The summed E-state index contributed by atoms with van der Waals surface area (Å²) in [5, 5.41) is 17.9. The summed E-state index contributed by atoms with van der Waals surface area (Å²) in [5.41, 5.74) is 10.4. The number of aromatic amines is 1. The molecule has 0 amide bonds. The van der Waals surface area contributed by atoms with Crippen molar-refractivity contribution in [3.63, 3.8) is 0 Å². The number of halogens is 1. The van der Waals surface area contributed by atoms with Gasteiger partial charge >= 0.3 is 0 Å². The third-order valence-corrected chi connectivity index (χ3v) is 4.77. The second-order valence-corrected chi connectivity index (χ2v) is 6.37. The van der Waals surface area contributed by atoms with E-state index in [1.54, 1.807) is 0 Å². The maximum Gasteiger partial charge on any atom is 0.244 e. The van der Waals surface area contributed by atoms with Gasteiger partial charge in [0.25, 0.3) is 0 Å². The smallest absolute Gasteiger partial charge is 0.244 e. The zero-order chi connectivity index (χ0) is 17.7. The van der Waals surface area contributed by atoms with Crippen LogP contribution in [-0.2, 0) is 0 Å². The molecule has 1 aliphatic rings. The Morgan fingerprint density at radius 3 is 2.92 bits per heavy atom. The number of rotatable bonds is 1. The lowest BCUT2D eigenvalue weighted by Gasteiger charge is -2.24. The molecule has 3 N–H and O–H groups in total. The van der Waals surface area contributed by atoms with Gasteiger partial charge in [0.2, 0.25) is 11.8 Å². The molecule has 0 aliphatic carbocycles. The largest absolute Gasteiger partial charge is 0.420 e. The van der Waals surface area contributed by atoms with E-state index in [2.05, 4.69) is 21.3 Å². The average molecular weight is 352 g/mol. The fourth-order valence-corrected chi connectivity index (χ4v) is 3.50. The lowest BCUT2D eigenvalue weighted by atomic mass is 9.84. The molecule has 7 heteroatoms. The zero-order valence-corrected chi connectivity index (χ0v) is 14.3. The van der Waals surface area contributed by atoms with E-state index >= 15 is 0 Å². The van der Waals surface area contributed by atoms with Crippen LogP contribution >= 0.6 is 11.6 Å². The summed E-state index contributed by atoms with van der Waals surface area (Å²) >= 11 is 6.51. The molecule has 1 unspecified atom stereocenters. The first-order valence-corrected chi connectivity index (χ1v) is 8.07. The highest BCUT2D eigenvalue weighted by Gasteiger charge is 2.35. The molecule has 2 aromatic heterocycles. The molecule has 3 aromatic rings. The number of hydrogen-bond donors (Lipinski definition) is 2. The van der Waals surface area contributed by atoms with Crippen LogP contribution in [0.15, 0.2) is 35.7 Å². The molecule has 25 heavy (non-hydrogen) atoms. The van der Waals surface area contributed by atoms with E-state index in [4.69, 9.17) is 22.1 Å². The van der Waals surface area contributed by atoms with E-state index in [1.807, 2.05) is 38.1 Å². The lowest BCUT2D eigenvalue weighted by molar-refractivity contribution is 0.379. The second-order valence-electron chi connectivity index (χ2n) is 6.01. The van der Waals surface area contributed by atoms with Gasteiger partial charge in [0.15, 0.2) is 0 Å². The summed E-state index contributed by atoms with van der Waals surface area (Å²) in [7, 11) is 0. The Bertz CT molecular complexity index is 1090. The molecular weight excluding hydrogens is 338 g/mol. The number of nitriles is 1. The van der Waals surface area contributed by atoms with Gasteiger partial charge in [0.1, 0.15) is 16.8 Å². The minimum atomic E-state index is -0.475. The second kappa shape index (κ2) is 5.50. The monoisotopic (exact) mass is 351 g/mol. The molecular formula is C18H14ClN5O. The Labute approximate surface area is 148 Å². The van der Waals surface area contributed by atoms with E-state index in [0.717, 1.165) is 27.7 Å². The Balaban J connectivity index is 2.03. The predicted octanol–water partition coefficient (Wildman–Crippen LogP) is 3.45. The van der Waals surface area contributed by atoms with Gasteiger partial charge in [-0.05, 0) is 25.5 Å². The quantitative estimate of drug-likeness (QED) is 0.654. The number of para-hydroxylation sites is 1. The number of allylic oxidation sites excluding steroid dienone is 1. The van der Waals surface area contributed by atoms with Gasteiger partial charge in [-0.15, -0.1) is 5.10 Å². The number of H-pyrrole nitrogens is 1. The van der Waals surface area contributed by atoms with Gasteiger partial charge in [-0.1, -0.05) is 29.8 Å². The van der Waals surface area contributed by atoms with Crippen molar-refractivity contribution in [2.75, 3.05) is 0 Å². The first-order chi connectivity index (χ1) is 12.0. The predicted molar refractivity (Wildman–Crippen MR) is 94.1 cm³/mol. The molecule has 1 aromatic carbocycles. The van der Waals surface area contributed by atoms with Crippen molar-refractivity contribution in [2.24, 2.45) is 5.73 Å². The van der Waals surface area contributed by atoms with E-state index < -0.39 is 5.92 Å². The number of pyridine rings is 1. The summed E-state index contributed by atoms with van der Waals surface area (Å²) < 4.78 is 5.48. The Morgan fingerprint density at radius 1 is 1.36 bits per heavy atom. The molecule has 1 atom stereocenters. The van der Waals surface area contributed by atoms with Crippen LogP contribution in [0, 0.1) is 25.2 Å². The molecule has 0 saturated heterocycles. The lowest BCUT2D eigenvalue weighted by Crippen LogP contribution is -2.21. The molecule has 0 fully saturated rings. The van der Waals surface area contributed by atoms with Crippen LogP contribution in [0.2, 0.25) is 5.15 Å². The van der Waals surface area contributed by atoms with Crippen LogP contribution in [0.25, 0.3) is 10.9 Å². The number of nitrogens with one attached hydrogen (secondary N) is 1. The van der Waals surface area contributed by atoms with Crippen LogP contribution in [0.3, 0.4) is 0 Å². The molecule has 0 saturated carbocycles. The topological polar surface area (TPSA) is 101 Å². The molecule has 124 valence electrons. The van der Waals surface area contributed by atoms with E-state index in [-0.39, 0.29) is 5.88 Å². The van der Waals surface area contributed by atoms with Crippen LogP contribution in [0.4, 0.5) is 0 Å². The van der Waals surface area contributed by atoms with Gasteiger partial charge in [0.05, 0.1) is 11.4 Å². The highest BCUT2D eigenvalue weighted by molar-refractivity contribution is 6.30. The highest BCUT2D eigenvalue weighted by Crippen LogP contribution is 2.44. The highest BCUT2D eigenvalue weighted by atomic mass is 35.5. The van der Waals surface area contributed by atoms with Gasteiger partial charge in [-0.3, -0.25) is 5.10 Å². The number of ether oxygens (including phenoxy) is 1. The number of nitrogens with two attached hydrogens (primary N) is 1. The average Bonchev–Trinajstić information content (AvgIpc) is 2.95. The van der Waals surface area contributed by atoms with Gasteiger partial charge in [0, 0.05) is 22.2 Å². The molecule has 0 radical (unpaired) electrons. The Morgan fingerprint density at radius 2 is 2.16 bits per heavy atom. The summed E-state index contributed by atoms with van der Waals surface area (Å²) in [6.07, 6.45) is 0. The number of fused-ring (bicyclic) bond motifs is 2. The molecule has 6 nitrogen and oxygen atoms in total. The van der Waals surface area contributed by atoms with Crippen LogP contribution in [0.1, 0.15) is 28.3 Å². The maximum absolute atomic E-state index is 9.63. The zero-order valence-electron chi connectivity index (χ0n) is 13.6. The number of benzene rings is 1. The minimum Gasteiger partial charge on any atom is -0.420 e. The van der Waals surface area contributed by atoms with Crippen molar-refractivity contribution >= 4 is 22.5 Å². The Kier molecular flexibility index (Phi) is 3.41. The number of hydrogen-bond acceptors (Lipinski definition) is 5. The number of nitrogens with zero attached hydrogens (tertiary/aromatic N) is 3. The van der Waals surface area contributed by atoms with Crippen LogP contribution < -0.4 is 10.5 Å². The van der Waals surface area contributed by atoms with Crippen molar-refractivity contribution < 1.29 is 4.74 Å². The molecule has 0 spiro atoms. The van der Waals surface area contributed by atoms with Crippen LogP contribution in [-0.4, -0.2) is 15.2 Å². The molecule has 4 rings (SSSR count). The fourth-order valence-electron chi connectivity index (χ4n) is 3.25. The van der Waals surface area contributed by atoms with Gasteiger partial charge in [-0.25, -0.2) is 4.98 Å². The maximum atomic E-state index is 9.63. The molecule has 1 aliphatic heterocycles.